The van der Waals surface area contributed by atoms with Gasteiger partial charge in [0, 0.05) is 66.2 Å². The van der Waals surface area contributed by atoms with Crippen molar-refractivity contribution in [2.45, 2.75) is 30.8 Å². The highest BCUT2D eigenvalue weighted by Crippen LogP contribution is 2.28. The van der Waals surface area contributed by atoms with Gasteiger partial charge in [0.05, 0.1) is 5.52 Å². The molecule has 208 valence electrons. The van der Waals surface area contributed by atoms with Gasteiger partial charge < -0.3 is 4.90 Å². The van der Waals surface area contributed by atoms with Gasteiger partial charge in [0.25, 0.3) is 15.9 Å². The van der Waals surface area contributed by atoms with Gasteiger partial charge in [-0.2, -0.15) is 0 Å². The number of carbonyl (C=O) groups excluding carboxylic acids is 1. The van der Waals surface area contributed by atoms with Crippen molar-refractivity contribution < 1.29 is 26.4 Å². The van der Waals surface area contributed by atoms with Crippen LogP contribution in [0.4, 0.5) is 18.9 Å². The van der Waals surface area contributed by atoms with Crippen LogP contribution >= 0.6 is 0 Å². The Bertz CT molecular complexity index is 1680. The van der Waals surface area contributed by atoms with Crippen LogP contribution < -0.4 is 4.72 Å². The number of hydrogen-bond acceptors (Lipinski definition) is 5. The minimum Gasteiger partial charge on any atom is -0.333 e. The van der Waals surface area contributed by atoms with Gasteiger partial charge in [-0.25, -0.2) is 21.6 Å². The Morgan fingerprint density at radius 3 is 2.40 bits per heavy atom. The molecule has 4 aromatic rings. The molecule has 1 amide bonds. The Morgan fingerprint density at radius 2 is 1.68 bits per heavy atom. The Kier molecular flexibility index (Phi) is 7.52. The fourth-order valence-corrected chi connectivity index (χ4v) is 6.28. The van der Waals surface area contributed by atoms with Crippen molar-refractivity contribution in [1.82, 2.24) is 14.8 Å². The average Bonchev–Trinajstić information content (AvgIpc) is 2.94. The van der Waals surface area contributed by atoms with Gasteiger partial charge >= 0.3 is 0 Å². The maximum Gasteiger partial charge on any atom is 0.264 e. The smallest absolute Gasteiger partial charge is 0.264 e. The molecule has 1 saturated heterocycles. The zero-order chi connectivity index (χ0) is 28.6. The number of aromatic nitrogens is 1. The third-order valence-corrected chi connectivity index (χ3v) is 8.64. The lowest BCUT2D eigenvalue weighted by Gasteiger charge is -2.42. The first-order valence-electron chi connectivity index (χ1n) is 12.7. The molecule has 0 saturated carbocycles. The van der Waals surface area contributed by atoms with Gasteiger partial charge in [0.1, 0.15) is 10.7 Å². The number of para-hydroxylation sites is 1. The molecule has 2 atom stereocenters. The van der Waals surface area contributed by atoms with Crippen LogP contribution in [0.3, 0.4) is 0 Å². The number of pyridine rings is 1. The lowest BCUT2D eigenvalue weighted by atomic mass is 10.0. The number of carbonyl (C=O) groups is 1. The summed E-state index contributed by atoms with van der Waals surface area (Å²) in [5, 5.41) is 0.699. The summed E-state index contributed by atoms with van der Waals surface area (Å²) in [6.07, 6.45) is 1.53. The largest absolute Gasteiger partial charge is 0.333 e. The van der Waals surface area contributed by atoms with Crippen molar-refractivity contribution in [1.29, 1.82) is 0 Å². The van der Waals surface area contributed by atoms with Crippen molar-refractivity contribution >= 4 is 32.5 Å². The molecule has 40 heavy (non-hydrogen) atoms. The predicted octanol–water partition coefficient (Wildman–Crippen LogP) is 5.36. The van der Waals surface area contributed by atoms with Crippen LogP contribution in [0.1, 0.15) is 35.8 Å². The maximum absolute atomic E-state index is 14.3. The molecule has 0 spiro atoms. The lowest BCUT2D eigenvalue weighted by molar-refractivity contribution is 0.0401. The van der Waals surface area contributed by atoms with Crippen molar-refractivity contribution in [2.75, 3.05) is 24.4 Å². The number of rotatable bonds is 6. The number of halogens is 3. The Balaban J connectivity index is 1.26. The number of piperazine rings is 1. The normalized spacial score (nSPS) is 17.1. The molecule has 3 aromatic carbocycles. The second-order valence-corrected chi connectivity index (χ2v) is 11.5. The number of fused-ring (bicyclic) bond motifs is 1. The zero-order valence-corrected chi connectivity index (χ0v) is 22.6. The van der Waals surface area contributed by atoms with E-state index in [0.29, 0.717) is 47.9 Å². The summed E-state index contributed by atoms with van der Waals surface area (Å²) < 4.78 is 70.1. The van der Waals surface area contributed by atoms with Crippen LogP contribution in [-0.2, 0) is 10.0 Å². The van der Waals surface area contributed by atoms with Crippen LogP contribution in [-0.4, -0.2) is 54.8 Å². The molecule has 1 aromatic heterocycles. The van der Waals surface area contributed by atoms with E-state index in [9.17, 15) is 26.4 Å². The average molecular weight is 569 g/mol. The first-order chi connectivity index (χ1) is 19.0. The first-order valence-corrected chi connectivity index (χ1v) is 14.2. The topological polar surface area (TPSA) is 82.6 Å². The van der Waals surface area contributed by atoms with Gasteiger partial charge in [0.15, 0.2) is 11.6 Å². The third kappa shape index (κ3) is 5.39. The molecule has 0 radical (unpaired) electrons. The molecule has 1 N–H and O–H groups in total. The summed E-state index contributed by atoms with van der Waals surface area (Å²) in [6.45, 7) is 4.74. The summed E-state index contributed by atoms with van der Waals surface area (Å²) in [7, 11) is -3.93. The Labute approximate surface area is 230 Å². The van der Waals surface area contributed by atoms with Crippen molar-refractivity contribution in [3.05, 3.63) is 102 Å². The van der Waals surface area contributed by atoms with Gasteiger partial charge in [-0.15, -0.1) is 0 Å². The number of amides is 1. The summed E-state index contributed by atoms with van der Waals surface area (Å²) in [6, 6.07) is 15.3. The maximum atomic E-state index is 14.3. The summed E-state index contributed by atoms with van der Waals surface area (Å²) >= 11 is 0. The molecule has 5 rings (SSSR count). The minimum absolute atomic E-state index is 0.0509. The monoisotopic (exact) mass is 568 g/mol. The fraction of sp³-hybridized carbons (Fsp3) is 0.241. The molecule has 0 aliphatic carbocycles. The predicted molar refractivity (Wildman–Crippen MR) is 146 cm³/mol. The van der Waals surface area contributed by atoms with Gasteiger partial charge in [0.2, 0.25) is 0 Å². The molecule has 2 heterocycles. The van der Waals surface area contributed by atoms with Crippen molar-refractivity contribution in [2.24, 2.45) is 0 Å². The third-order valence-electron chi connectivity index (χ3n) is 7.23. The second-order valence-electron chi connectivity index (χ2n) is 9.82. The molecule has 1 unspecified atom stereocenters. The number of nitrogens with zero attached hydrogens (tertiary/aromatic N) is 3. The van der Waals surface area contributed by atoms with E-state index in [-0.39, 0.29) is 22.4 Å². The van der Waals surface area contributed by atoms with Gasteiger partial charge in [-0.3, -0.25) is 19.4 Å². The van der Waals surface area contributed by atoms with E-state index >= 15 is 0 Å². The molecular weight excluding hydrogens is 541 g/mol. The highest BCUT2D eigenvalue weighted by atomic mass is 32.2. The number of sulfonamides is 1. The van der Waals surface area contributed by atoms with E-state index < -0.39 is 33.5 Å². The summed E-state index contributed by atoms with van der Waals surface area (Å²) in [5.41, 5.74) is 1.10. The molecule has 0 bridgehead atoms. The van der Waals surface area contributed by atoms with Crippen LogP contribution in [0.15, 0.2) is 77.8 Å². The SMILES string of the molecule is CC(c1cc(F)c(F)cc1F)N1CCN(C(=O)c2ccc(NS(=O)(=O)c3cccc4cccnc34)cc2)[C@H](C)C1. The molecule has 1 aliphatic heterocycles. The first kappa shape index (κ1) is 27.6. The summed E-state index contributed by atoms with van der Waals surface area (Å²) in [4.78, 5) is 21.1. The van der Waals surface area contributed by atoms with Crippen molar-refractivity contribution in [3.63, 3.8) is 0 Å². The lowest BCUT2D eigenvalue weighted by Crippen LogP contribution is -2.54. The van der Waals surface area contributed by atoms with E-state index in [1.807, 2.05) is 11.8 Å². The highest BCUT2D eigenvalue weighted by Gasteiger charge is 2.32. The quantitative estimate of drug-likeness (QED) is 0.317. The molecule has 7 nitrogen and oxygen atoms in total. The van der Waals surface area contributed by atoms with Crippen LogP contribution in [0.5, 0.6) is 0 Å². The standard InChI is InChI=1S/C29H27F3N4O3S/c1-18-17-35(19(2)23-15-25(31)26(32)16-24(23)30)13-14-36(18)29(37)21-8-10-22(11-9-21)34-40(38,39)27-7-3-5-20-6-4-12-33-28(20)27/h3-12,15-16,18-19,34H,13-14,17H2,1-2H3/t18-,19?/m1/s1. The number of benzene rings is 3. The number of anilines is 1. The highest BCUT2D eigenvalue weighted by molar-refractivity contribution is 7.93. The van der Waals surface area contributed by atoms with Crippen LogP contribution in [0, 0.1) is 17.5 Å². The zero-order valence-electron chi connectivity index (χ0n) is 21.8. The Hall–Kier alpha value is -3.96. The van der Waals surface area contributed by atoms with E-state index in [1.54, 1.807) is 48.2 Å². The molecular formula is C29H27F3N4O3S. The van der Waals surface area contributed by atoms with E-state index in [1.165, 1.54) is 24.4 Å². The minimum atomic E-state index is -3.93. The van der Waals surface area contributed by atoms with E-state index in [4.69, 9.17) is 0 Å². The van der Waals surface area contributed by atoms with E-state index in [0.717, 1.165) is 6.07 Å². The van der Waals surface area contributed by atoms with Crippen LogP contribution in [0.25, 0.3) is 10.9 Å². The van der Waals surface area contributed by atoms with E-state index in [2.05, 4.69) is 9.71 Å². The number of nitrogens with one attached hydrogen (secondary N) is 1. The number of hydrogen-bond donors (Lipinski definition) is 1. The second kappa shape index (κ2) is 10.9. The molecule has 1 fully saturated rings. The molecule has 11 heteroatoms. The van der Waals surface area contributed by atoms with Crippen LogP contribution in [0.2, 0.25) is 0 Å². The summed E-state index contributed by atoms with van der Waals surface area (Å²) in [5.74, 6) is -3.39. The van der Waals surface area contributed by atoms with Gasteiger partial charge in [-0.05, 0) is 56.3 Å². The fourth-order valence-electron chi connectivity index (χ4n) is 5.04. The Morgan fingerprint density at radius 1 is 0.975 bits per heavy atom. The van der Waals surface area contributed by atoms with Crippen molar-refractivity contribution in [3.8, 4) is 0 Å². The molecule has 1 aliphatic rings. The van der Waals surface area contributed by atoms with Gasteiger partial charge in [-0.1, -0.05) is 18.2 Å².